The molecule has 0 heterocycles. The minimum atomic E-state index is -2.16. The highest BCUT2D eigenvalue weighted by Crippen LogP contribution is 2.44. The molecule has 2 atom stereocenters. The van der Waals surface area contributed by atoms with Crippen molar-refractivity contribution in [3.8, 4) is 0 Å². The number of carbonyl (C=O) groups excluding carboxylic acids is 2. The number of hydrogen-bond donors (Lipinski definition) is 0. The Morgan fingerprint density at radius 2 is 1.67 bits per heavy atom. The van der Waals surface area contributed by atoms with Crippen LogP contribution >= 0.6 is 7.14 Å². The SMILES string of the molecule is CC(C)[C@H](C)C[P@@](C)(=O)COCc1ccccc1.O=C=O. The van der Waals surface area contributed by atoms with Crippen LogP contribution in [0.3, 0.4) is 0 Å². The summed E-state index contributed by atoms with van der Waals surface area (Å²) in [5, 5.41) is 0. The molecule has 5 heteroatoms. The molecule has 0 N–H and O–H groups in total. The molecule has 1 aromatic rings. The van der Waals surface area contributed by atoms with E-state index in [4.69, 9.17) is 14.3 Å². The lowest BCUT2D eigenvalue weighted by molar-refractivity contribution is -0.191. The van der Waals surface area contributed by atoms with Crippen LogP contribution in [-0.4, -0.2) is 25.3 Å². The molecule has 0 radical (unpaired) electrons. The topological polar surface area (TPSA) is 60.4 Å². The van der Waals surface area contributed by atoms with Gasteiger partial charge in [-0.1, -0.05) is 51.1 Å². The van der Waals surface area contributed by atoms with E-state index in [0.717, 1.165) is 11.7 Å². The molecule has 0 aliphatic rings. The molecule has 0 amide bonds. The van der Waals surface area contributed by atoms with Crippen LogP contribution in [0, 0.1) is 11.8 Å². The Morgan fingerprint density at radius 3 is 2.14 bits per heavy atom. The highest BCUT2D eigenvalue weighted by Gasteiger charge is 2.21. The first kappa shape index (κ1) is 19.8. The van der Waals surface area contributed by atoms with Gasteiger partial charge in [-0.15, -0.1) is 0 Å². The highest BCUT2D eigenvalue weighted by molar-refractivity contribution is 7.62. The van der Waals surface area contributed by atoms with Gasteiger partial charge in [-0.25, -0.2) is 0 Å². The third kappa shape index (κ3) is 10.2. The lowest BCUT2D eigenvalue weighted by Gasteiger charge is -2.21. The summed E-state index contributed by atoms with van der Waals surface area (Å²) in [6.45, 7) is 8.93. The summed E-state index contributed by atoms with van der Waals surface area (Å²) in [5.74, 6) is 1.06. The van der Waals surface area contributed by atoms with Crippen LogP contribution in [0.5, 0.6) is 0 Å². The number of hydrogen-bond acceptors (Lipinski definition) is 4. The maximum Gasteiger partial charge on any atom is 0.373 e. The Labute approximate surface area is 127 Å². The van der Waals surface area contributed by atoms with E-state index in [-0.39, 0.29) is 6.15 Å². The number of ether oxygens (including phenoxy) is 1. The molecule has 21 heavy (non-hydrogen) atoms. The second-order valence-electron chi connectivity index (χ2n) is 5.75. The molecular weight excluding hydrogens is 287 g/mol. The first-order chi connectivity index (χ1) is 9.82. The van der Waals surface area contributed by atoms with Crippen LogP contribution < -0.4 is 0 Å². The van der Waals surface area contributed by atoms with Crippen LogP contribution in [-0.2, 0) is 25.5 Å². The summed E-state index contributed by atoms with van der Waals surface area (Å²) in [6, 6.07) is 10.0. The van der Waals surface area contributed by atoms with Gasteiger partial charge in [-0.3, -0.25) is 0 Å². The maximum absolute atomic E-state index is 12.4. The van der Waals surface area contributed by atoms with Gasteiger partial charge in [-0.2, -0.15) is 9.59 Å². The van der Waals surface area contributed by atoms with Crippen molar-refractivity contribution in [1.82, 2.24) is 0 Å². The first-order valence-electron chi connectivity index (χ1n) is 6.99. The predicted octanol–water partition coefficient (Wildman–Crippen LogP) is 3.86. The highest BCUT2D eigenvalue weighted by atomic mass is 31.2. The fourth-order valence-corrected chi connectivity index (χ4v) is 4.03. The first-order valence-corrected chi connectivity index (χ1v) is 9.51. The molecule has 0 aromatic heterocycles. The zero-order chi connectivity index (χ0) is 16.3. The molecule has 0 fully saturated rings. The van der Waals surface area contributed by atoms with E-state index in [0.29, 0.717) is 24.8 Å². The minimum Gasteiger partial charge on any atom is -0.369 e. The lowest BCUT2D eigenvalue weighted by atomic mass is 10.0. The maximum atomic E-state index is 12.4. The van der Waals surface area contributed by atoms with Crippen molar-refractivity contribution in [3.05, 3.63) is 35.9 Å². The van der Waals surface area contributed by atoms with Crippen molar-refractivity contribution in [2.24, 2.45) is 11.8 Å². The second-order valence-corrected chi connectivity index (χ2v) is 8.96. The monoisotopic (exact) mass is 312 g/mol. The van der Waals surface area contributed by atoms with E-state index >= 15 is 0 Å². The lowest BCUT2D eigenvalue weighted by Crippen LogP contribution is -2.11. The summed E-state index contributed by atoms with van der Waals surface area (Å²) in [5.41, 5.74) is 1.13. The Morgan fingerprint density at radius 1 is 1.14 bits per heavy atom. The Kier molecular flexibility index (Phi) is 9.90. The molecule has 0 saturated heterocycles. The van der Waals surface area contributed by atoms with Gasteiger partial charge in [0, 0.05) is 6.16 Å². The van der Waals surface area contributed by atoms with Gasteiger partial charge >= 0.3 is 6.15 Å². The minimum absolute atomic E-state index is 0.250. The molecule has 0 bridgehead atoms. The molecule has 0 unspecified atom stereocenters. The van der Waals surface area contributed by atoms with Crippen LogP contribution in [0.1, 0.15) is 26.3 Å². The van der Waals surface area contributed by atoms with Gasteiger partial charge in [0.15, 0.2) is 0 Å². The number of rotatable bonds is 7. The van der Waals surface area contributed by atoms with Crippen LogP contribution in [0.15, 0.2) is 30.3 Å². The van der Waals surface area contributed by atoms with E-state index in [1.807, 2.05) is 37.0 Å². The van der Waals surface area contributed by atoms with Crippen LogP contribution in [0.25, 0.3) is 0 Å². The molecular formula is C16H25O4P. The largest absolute Gasteiger partial charge is 0.373 e. The summed E-state index contributed by atoms with van der Waals surface area (Å²) in [6.07, 6.45) is 1.42. The molecule has 0 aliphatic heterocycles. The van der Waals surface area contributed by atoms with E-state index in [1.54, 1.807) is 0 Å². The van der Waals surface area contributed by atoms with Gasteiger partial charge in [0.25, 0.3) is 0 Å². The molecule has 1 rings (SSSR count). The van der Waals surface area contributed by atoms with Crippen molar-refractivity contribution < 1.29 is 18.9 Å². The molecule has 118 valence electrons. The van der Waals surface area contributed by atoms with Gasteiger partial charge in [0.2, 0.25) is 0 Å². The Balaban J connectivity index is 0.00000122. The number of benzene rings is 1. The summed E-state index contributed by atoms with van der Waals surface area (Å²) >= 11 is 0. The van der Waals surface area contributed by atoms with Crippen molar-refractivity contribution in [2.75, 3.05) is 19.2 Å². The fraction of sp³-hybridized carbons (Fsp3) is 0.562. The predicted molar refractivity (Wildman–Crippen MR) is 83.5 cm³/mol. The van der Waals surface area contributed by atoms with Crippen LogP contribution in [0.4, 0.5) is 0 Å². The standard InChI is InChI=1S/C15H25O2P.CO2/c1-13(2)14(3)11-18(4,16)12-17-10-15-8-6-5-7-9-15;2-1-3/h5-9,13-14H,10-12H2,1-4H3;/t14-,18-;/m1./s1. The fourth-order valence-electron chi connectivity index (χ4n) is 1.80. The zero-order valence-electron chi connectivity index (χ0n) is 13.2. The third-order valence-electron chi connectivity index (χ3n) is 3.29. The van der Waals surface area contributed by atoms with Crippen molar-refractivity contribution in [3.63, 3.8) is 0 Å². The average Bonchev–Trinajstić information content (AvgIpc) is 2.40. The Hall–Kier alpha value is -1.21. The van der Waals surface area contributed by atoms with Gasteiger partial charge in [-0.05, 0) is 24.1 Å². The van der Waals surface area contributed by atoms with E-state index < -0.39 is 7.14 Å². The van der Waals surface area contributed by atoms with Gasteiger partial charge < -0.3 is 9.30 Å². The second kappa shape index (κ2) is 10.5. The molecule has 0 aliphatic carbocycles. The van der Waals surface area contributed by atoms with Crippen molar-refractivity contribution in [1.29, 1.82) is 0 Å². The zero-order valence-corrected chi connectivity index (χ0v) is 14.1. The van der Waals surface area contributed by atoms with E-state index in [2.05, 4.69) is 20.8 Å². The van der Waals surface area contributed by atoms with Gasteiger partial charge in [0.05, 0.1) is 13.0 Å². The van der Waals surface area contributed by atoms with Gasteiger partial charge in [0.1, 0.15) is 7.14 Å². The van der Waals surface area contributed by atoms with Crippen molar-refractivity contribution in [2.45, 2.75) is 27.4 Å². The summed E-state index contributed by atoms with van der Waals surface area (Å²) in [4.78, 5) is 16.2. The molecule has 4 nitrogen and oxygen atoms in total. The average molecular weight is 312 g/mol. The summed E-state index contributed by atoms with van der Waals surface area (Å²) in [7, 11) is -2.16. The van der Waals surface area contributed by atoms with E-state index in [1.165, 1.54) is 0 Å². The smallest absolute Gasteiger partial charge is 0.369 e. The summed E-state index contributed by atoms with van der Waals surface area (Å²) < 4.78 is 18.0. The normalized spacial score (nSPS) is 14.5. The van der Waals surface area contributed by atoms with E-state index in [9.17, 15) is 4.57 Å². The third-order valence-corrected chi connectivity index (χ3v) is 5.37. The molecule has 1 aromatic carbocycles. The quantitative estimate of drug-likeness (QED) is 0.717. The van der Waals surface area contributed by atoms with Crippen molar-refractivity contribution >= 4 is 13.3 Å². The van der Waals surface area contributed by atoms with Crippen LogP contribution in [0.2, 0.25) is 0 Å². The molecule has 0 saturated carbocycles. The Bertz CT molecular complexity index is 464. The molecule has 0 spiro atoms.